The summed E-state index contributed by atoms with van der Waals surface area (Å²) in [6, 6.07) is 30.5. The zero-order valence-electron chi connectivity index (χ0n) is 12.9. The van der Waals surface area contributed by atoms with Gasteiger partial charge in [-0.2, -0.15) is 0 Å². The van der Waals surface area contributed by atoms with E-state index in [1.54, 1.807) is 0 Å². The molecule has 0 spiro atoms. The van der Waals surface area contributed by atoms with Gasteiger partial charge < -0.3 is 5.32 Å². The van der Waals surface area contributed by atoms with Gasteiger partial charge in [-0.3, -0.25) is 0 Å². The smallest absolute Gasteiger partial charge is 0.0527 e. The molecule has 0 bridgehead atoms. The average molecular weight is 317 g/mol. The predicted molar refractivity (Wildman–Crippen MR) is 98.9 cm³/mol. The van der Waals surface area contributed by atoms with Gasteiger partial charge in [-0.15, -0.1) is 11.8 Å². The van der Waals surface area contributed by atoms with E-state index in [0.29, 0.717) is 11.3 Å². The molecule has 0 fully saturated rings. The molecule has 1 N–H and O–H groups in total. The van der Waals surface area contributed by atoms with Crippen LogP contribution in [0.25, 0.3) is 0 Å². The third-order valence-electron chi connectivity index (χ3n) is 4.31. The van der Waals surface area contributed by atoms with Gasteiger partial charge >= 0.3 is 0 Å². The summed E-state index contributed by atoms with van der Waals surface area (Å²) in [5.74, 6) is 0. The highest BCUT2D eigenvalue weighted by Gasteiger charge is 2.27. The van der Waals surface area contributed by atoms with Gasteiger partial charge in [0.25, 0.3) is 0 Å². The molecule has 1 aliphatic rings. The number of hydrogen-bond acceptors (Lipinski definition) is 2. The van der Waals surface area contributed by atoms with E-state index < -0.39 is 0 Å². The first-order valence-corrected chi connectivity index (χ1v) is 8.90. The van der Waals surface area contributed by atoms with Crippen LogP contribution in [0.1, 0.15) is 28.8 Å². The van der Waals surface area contributed by atoms with Crippen LogP contribution in [0.5, 0.6) is 0 Å². The van der Waals surface area contributed by atoms with E-state index in [0.717, 1.165) is 6.42 Å². The van der Waals surface area contributed by atoms with Crippen LogP contribution in [-0.2, 0) is 0 Å². The zero-order valence-corrected chi connectivity index (χ0v) is 13.7. The standard InChI is InChI=1S/C21H19NS/c1-3-9-16(10-4-1)20-15-21(23-17-11-5-2-6-12-17)18-13-7-8-14-19(18)22-20/h1-14,20-22H,15H2/t20-,21?/m1/s1. The predicted octanol–water partition coefficient (Wildman–Crippen LogP) is 6.08. The van der Waals surface area contributed by atoms with Crippen molar-refractivity contribution in [1.29, 1.82) is 0 Å². The first-order valence-electron chi connectivity index (χ1n) is 8.02. The van der Waals surface area contributed by atoms with Crippen LogP contribution in [0.2, 0.25) is 0 Å². The maximum atomic E-state index is 3.72. The fraction of sp³-hybridized carbons (Fsp3) is 0.143. The van der Waals surface area contributed by atoms with Crippen molar-refractivity contribution in [3.8, 4) is 0 Å². The molecule has 1 aliphatic heterocycles. The number of benzene rings is 3. The van der Waals surface area contributed by atoms with Crippen molar-refractivity contribution in [3.05, 3.63) is 96.1 Å². The molecule has 1 unspecified atom stereocenters. The molecule has 2 heteroatoms. The molecule has 1 heterocycles. The van der Waals surface area contributed by atoms with E-state index in [4.69, 9.17) is 0 Å². The number of thioether (sulfide) groups is 1. The maximum Gasteiger partial charge on any atom is 0.0527 e. The number of nitrogens with one attached hydrogen (secondary N) is 1. The number of anilines is 1. The van der Waals surface area contributed by atoms with Crippen molar-refractivity contribution in [2.45, 2.75) is 22.6 Å². The molecule has 23 heavy (non-hydrogen) atoms. The lowest BCUT2D eigenvalue weighted by atomic mass is 9.93. The lowest BCUT2D eigenvalue weighted by Crippen LogP contribution is -2.20. The fourth-order valence-electron chi connectivity index (χ4n) is 3.18. The molecule has 0 saturated carbocycles. The van der Waals surface area contributed by atoms with Gasteiger partial charge in [0, 0.05) is 15.8 Å². The topological polar surface area (TPSA) is 12.0 Å². The summed E-state index contributed by atoms with van der Waals surface area (Å²) in [5.41, 5.74) is 4.04. The molecular formula is C21H19NS. The molecule has 0 saturated heterocycles. The molecular weight excluding hydrogens is 298 g/mol. The second kappa shape index (κ2) is 6.51. The minimum absolute atomic E-state index is 0.368. The summed E-state index contributed by atoms with van der Waals surface area (Å²) in [4.78, 5) is 1.33. The Morgan fingerprint density at radius 2 is 1.39 bits per heavy atom. The van der Waals surface area contributed by atoms with Crippen molar-refractivity contribution >= 4 is 17.4 Å². The van der Waals surface area contributed by atoms with Crippen molar-refractivity contribution in [3.63, 3.8) is 0 Å². The van der Waals surface area contributed by atoms with E-state index in [2.05, 4.69) is 90.2 Å². The van der Waals surface area contributed by atoms with Crippen molar-refractivity contribution in [1.82, 2.24) is 0 Å². The van der Waals surface area contributed by atoms with Crippen molar-refractivity contribution < 1.29 is 0 Å². The van der Waals surface area contributed by atoms with Gasteiger partial charge in [0.15, 0.2) is 0 Å². The van der Waals surface area contributed by atoms with Crippen LogP contribution in [0.15, 0.2) is 89.8 Å². The number of hydrogen-bond donors (Lipinski definition) is 1. The number of fused-ring (bicyclic) bond motifs is 1. The third kappa shape index (κ3) is 3.13. The van der Waals surface area contributed by atoms with Gasteiger partial charge in [0.05, 0.1) is 6.04 Å². The molecule has 3 aromatic rings. The second-order valence-corrected chi connectivity index (χ2v) is 7.13. The molecule has 114 valence electrons. The average Bonchev–Trinajstić information content (AvgIpc) is 2.63. The summed E-state index contributed by atoms with van der Waals surface area (Å²) >= 11 is 1.97. The van der Waals surface area contributed by atoms with Crippen molar-refractivity contribution in [2.24, 2.45) is 0 Å². The lowest BCUT2D eigenvalue weighted by molar-refractivity contribution is 0.657. The normalized spacial score (nSPS) is 19.7. The van der Waals surface area contributed by atoms with Gasteiger partial charge in [0.1, 0.15) is 0 Å². The Hall–Kier alpha value is -2.19. The van der Waals surface area contributed by atoms with E-state index in [1.807, 2.05) is 11.8 Å². The Kier molecular flexibility index (Phi) is 4.08. The van der Waals surface area contributed by atoms with Crippen LogP contribution < -0.4 is 5.32 Å². The van der Waals surface area contributed by atoms with Gasteiger partial charge in [-0.25, -0.2) is 0 Å². The van der Waals surface area contributed by atoms with Crippen LogP contribution in [0.4, 0.5) is 5.69 Å². The first kappa shape index (κ1) is 14.4. The SMILES string of the molecule is c1ccc(SC2C[C@H](c3ccccc3)Nc3ccccc32)cc1. The van der Waals surface area contributed by atoms with Crippen LogP contribution >= 0.6 is 11.8 Å². The third-order valence-corrected chi connectivity index (χ3v) is 5.59. The highest BCUT2D eigenvalue weighted by Crippen LogP contribution is 2.48. The molecule has 0 aliphatic carbocycles. The molecule has 4 rings (SSSR count). The second-order valence-electron chi connectivity index (χ2n) is 5.85. The zero-order chi connectivity index (χ0) is 15.5. The monoisotopic (exact) mass is 317 g/mol. The quantitative estimate of drug-likeness (QED) is 0.628. The number of rotatable bonds is 3. The highest BCUT2D eigenvalue weighted by atomic mass is 32.2. The summed E-state index contributed by atoms with van der Waals surface area (Å²) in [6.07, 6.45) is 1.10. The fourth-order valence-corrected chi connectivity index (χ4v) is 4.44. The summed E-state index contributed by atoms with van der Waals surface area (Å²) in [5, 5.41) is 4.19. The Morgan fingerprint density at radius 1 is 0.739 bits per heavy atom. The largest absolute Gasteiger partial charge is 0.378 e. The van der Waals surface area contributed by atoms with Crippen LogP contribution in [0, 0.1) is 0 Å². The van der Waals surface area contributed by atoms with E-state index in [1.165, 1.54) is 21.7 Å². The summed E-state index contributed by atoms with van der Waals surface area (Å²) < 4.78 is 0. The Morgan fingerprint density at radius 3 is 2.17 bits per heavy atom. The van der Waals surface area contributed by atoms with Crippen LogP contribution in [0.3, 0.4) is 0 Å². The maximum absolute atomic E-state index is 3.72. The molecule has 0 radical (unpaired) electrons. The van der Waals surface area contributed by atoms with Gasteiger partial charge in [0.2, 0.25) is 0 Å². The molecule has 3 aromatic carbocycles. The molecule has 2 atom stereocenters. The van der Waals surface area contributed by atoms with E-state index in [-0.39, 0.29) is 0 Å². The van der Waals surface area contributed by atoms with E-state index in [9.17, 15) is 0 Å². The van der Waals surface area contributed by atoms with Crippen LogP contribution in [-0.4, -0.2) is 0 Å². The Bertz CT molecular complexity index is 770. The molecule has 0 aromatic heterocycles. The minimum Gasteiger partial charge on any atom is -0.378 e. The lowest BCUT2D eigenvalue weighted by Gasteiger charge is -2.33. The first-order chi connectivity index (χ1) is 11.4. The Labute approximate surface area is 141 Å². The molecule has 1 nitrogen and oxygen atoms in total. The summed E-state index contributed by atoms with van der Waals surface area (Å²) in [6.45, 7) is 0. The van der Waals surface area contributed by atoms with Gasteiger partial charge in [-0.05, 0) is 35.7 Å². The minimum atomic E-state index is 0.368. The Balaban J connectivity index is 1.67. The summed E-state index contributed by atoms with van der Waals surface area (Å²) in [7, 11) is 0. The molecule has 0 amide bonds. The van der Waals surface area contributed by atoms with Crippen molar-refractivity contribution in [2.75, 3.05) is 5.32 Å². The highest BCUT2D eigenvalue weighted by molar-refractivity contribution is 7.99. The van der Waals surface area contributed by atoms with Gasteiger partial charge in [-0.1, -0.05) is 66.7 Å². The number of para-hydroxylation sites is 1. The van der Waals surface area contributed by atoms with E-state index >= 15 is 0 Å².